The molecule has 0 amide bonds. The highest BCUT2D eigenvalue weighted by Gasteiger charge is 2.34. The van der Waals surface area contributed by atoms with Crippen molar-refractivity contribution in [2.24, 2.45) is 0 Å². The summed E-state index contributed by atoms with van der Waals surface area (Å²) in [5, 5.41) is 26.1. The second-order valence-corrected chi connectivity index (χ2v) is 15.3. The van der Waals surface area contributed by atoms with E-state index in [0.717, 1.165) is 40.5 Å². The van der Waals surface area contributed by atoms with Crippen molar-refractivity contribution in [1.82, 2.24) is 43.6 Å². The van der Waals surface area contributed by atoms with Gasteiger partial charge in [0.05, 0.1) is 75.0 Å². The minimum Gasteiger partial charge on any atom is -0.494 e. The van der Waals surface area contributed by atoms with Gasteiger partial charge in [-0.3, -0.25) is 4.68 Å². The molecular weight excluding hydrogens is 823 g/mol. The van der Waals surface area contributed by atoms with Crippen molar-refractivity contribution in [2.75, 3.05) is 31.0 Å². The van der Waals surface area contributed by atoms with E-state index >= 15 is 0 Å². The van der Waals surface area contributed by atoms with Crippen LogP contribution in [0.25, 0.3) is 11.4 Å². The smallest absolute Gasteiger partial charge is 0.249 e. The molecule has 4 aromatic heterocycles. The van der Waals surface area contributed by atoms with E-state index in [-0.39, 0.29) is 36.1 Å². The molecule has 0 aliphatic rings. The van der Waals surface area contributed by atoms with Crippen LogP contribution >= 0.6 is 11.6 Å². The summed E-state index contributed by atoms with van der Waals surface area (Å²) in [6.07, 6.45) is 8.70. The summed E-state index contributed by atoms with van der Waals surface area (Å²) in [7, 11) is 3.11. The third-order valence-electron chi connectivity index (χ3n) is 10.1. The van der Waals surface area contributed by atoms with Crippen molar-refractivity contribution in [3.63, 3.8) is 0 Å². The van der Waals surface area contributed by atoms with Crippen LogP contribution in [0.1, 0.15) is 35.1 Å². The van der Waals surface area contributed by atoms with Crippen molar-refractivity contribution in [2.45, 2.75) is 39.5 Å². The molecule has 0 bridgehead atoms. The van der Waals surface area contributed by atoms with Gasteiger partial charge in [-0.15, -0.1) is 5.10 Å². The Kier molecular flexibility index (Phi) is 11.5. The zero-order valence-corrected chi connectivity index (χ0v) is 35.0. The van der Waals surface area contributed by atoms with Crippen LogP contribution in [-0.4, -0.2) is 69.5 Å². The fraction of sp³-hybridized carbons (Fsp3) is 0.205. The number of anilines is 4. The maximum Gasteiger partial charge on any atom is 0.249 e. The van der Waals surface area contributed by atoms with Crippen molar-refractivity contribution in [3.05, 3.63) is 161 Å². The largest absolute Gasteiger partial charge is 0.494 e. The number of imidazole rings is 2. The monoisotopic (exact) mass is 863 g/mol. The molecule has 0 fully saturated rings. The third-order valence-corrected chi connectivity index (χ3v) is 10.4. The van der Waals surface area contributed by atoms with Crippen LogP contribution in [0.5, 0.6) is 11.5 Å². The Labute approximate surface area is 359 Å². The maximum atomic E-state index is 14.5. The van der Waals surface area contributed by atoms with E-state index in [1.54, 1.807) is 80.0 Å². The zero-order valence-electron chi connectivity index (χ0n) is 34.3. The lowest BCUT2D eigenvalue weighted by Gasteiger charge is -2.32. The standard InChI is InChI=1S/C44H41ClF3N11O3/c1-27-19-55(24-49-27)36-12-10-32(16-38(36)61-4)52-41-18-40(59(53-41)22-30-14-34(46)42(48)35(47)15-30)44(3,60)23-58(43-51-26-57(54-43)21-29-6-8-31(45)9-7-29)33-11-13-37(39(17-33)62-5)56-20-28(2)50-25-56/h6-20,24-26,60H,21-23H2,1-5H3,(H,52,53). The number of aliphatic hydroxyl groups is 1. The molecule has 1 atom stereocenters. The molecule has 0 aliphatic carbocycles. The summed E-state index contributed by atoms with van der Waals surface area (Å²) >= 11 is 6.13. The number of nitrogens with one attached hydrogen (secondary N) is 1. The van der Waals surface area contributed by atoms with E-state index in [1.807, 2.05) is 71.8 Å². The Morgan fingerprint density at radius 2 is 1.37 bits per heavy atom. The third kappa shape index (κ3) is 8.84. The Hall–Kier alpha value is -7.11. The number of hydrogen-bond donors (Lipinski definition) is 2. The fourth-order valence-electron chi connectivity index (χ4n) is 7.10. The van der Waals surface area contributed by atoms with Gasteiger partial charge in [0.25, 0.3) is 0 Å². The molecule has 0 aliphatic heterocycles. The van der Waals surface area contributed by atoms with Crippen LogP contribution in [0, 0.1) is 31.3 Å². The van der Waals surface area contributed by atoms with Gasteiger partial charge in [-0.05, 0) is 80.4 Å². The number of aromatic nitrogens is 9. The lowest BCUT2D eigenvalue weighted by Crippen LogP contribution is -2.39. The van der Waals surface area contributed by atoms with Gasteiger partial charge in [0.2, 0.25) is 5.95 Å². The molecule has 18 heteroatoms. The van der Waals surface area contributed by atoms with Gasteiger partial charge in [-0.2, -0.15) is 5.10 Å². The number of benzene rings is 4. The molecular formula is C44H41ClF3N11O3. The van der Waals surface area contributed by atoms with Crippen LogP contribution in [-0.2, 0) is 18.7 Å². The van der Waals surface area contributed by atoms with Crippen LogP contribution in [0.3, 0.4) is 0 Å². The van der Waals surface area contributed by atoms with E-state index in [9.17, 15) is 18.3 Å². The Morgan fingerprint density at radius 3 is 1.98 bits per heavy atom. The summed E-state index contributed by atoms with van der Waals surface area (Å²) < 4.78 is 61.4. The summed E-state index contributed by atoms with van der Waals surface area (Å²) in [6, 6.07) is 21.8. The topological polar surface area (TPSA) is 138 Å². The first kappa shape index (κ1) is 41.6. The van der Waals surface area contributed by atoms with Crippen LogP contribution in [0.15, 0.2) is 110 Å². The summed E-state index contributed by atoms with van der Waals surface area (Å²) in [6.45, 7) is 5.35. The first-order valence-electron chi connectivity index (χ1n) is 19.3. The Bertz CT molecular complexity index is 2850. The lowest BCUT2D eigenvalue weighted by molar-refractivity contribution is 0.0571. The van der Waals surface area contributed by atoms with Crippen LogP contribution in [0.2, 0.25) is 5.02 Å². The predicted octanol–water partition coefficient (Wildman–Crippen LogP) is 8.44. The molecule has 1 unspecified atom stereocenters. The molecule has 318 valence electrons. The van der Waals surface area contributed by atoms with Crippen LogP contribution in [0.4, 0.5) is 36.3 Å². The first-order valence-corrected chi connectivity index (χ1v) is 19.7. The molecule has 0 spiro atoms. The SMILES string of the molecule is COc1cc(Nc2cc(C(C)(O)CN(c3ccc(-n4cnc(C)c4)c(OC)c3)c3ncn(Cc4ccc(Cl)cc4)n3)n(Cc3cc(F)c(F)c(F)c3)n2)ccc1-n1cnc(C)c1. The van der Waals surface area contributed by atoms with Gasteiger partial charge in [0, 0.05) is 47.0 Å². The maximum absolute atomic E-state index is 14.5. The number of methoxy groups -OCH3 is 2. The molecule has 0 saturated heterocycles. The molecule has 2 N–H and O–H groups in total. The van der Waals surface area contributed by atoms with E-state index in [0.29, 0.717) is 34.4 Å². The number of rotatable bonds is 15. The molecule has 8 aromatic rings. The zero-order chi connectivity index (χ0) is 43.7. The average Bonchev–Trinajstić information content (AvgIpc) is 4.08. The second kappa shape index (κ2) is 17.1. The van der Waals surface area contributed by atoms with Crippen molar-refractivity contribution in [3.8, 4) is 22.9 Å². The van der Waals surface area contributed by atoms with Gasteiger partial charge in [-0.1, -0.05) is 23.7 Å². The highest BCUT2D eigenvalue weighted by molar-refractivity contribution is 6.30. The number of hydrogen-bond acceptors (Lipinski definition) is 10. The quantitative estimate of drug-likeness (QED) is 0.0967. The molecule has 14 nitrogen and oxygen atoms in total. The van der Waals surface area contributed by atoms with Gasteiger partial charge in [0.15, 0.2) is 23.3 Å². The highest BCUT2D eigenvalue weighted by Crippen LogP contribution is 2.36. The molecule has 8 rings (SSSR count). The van der Waals surface area contributed by atoms with E-state index in [2.05, 4.69) is 20.3 Å². The average molecular weight is 864 g/mol. The lowest BCUT2D eigenvalue weighted by atomic mass is 10.0. The Morgan fingerprint density at radius 1 is 0.742 bits per heavy atom. The fourth-order valence-corrected chi connectivity index (χ4v) is 7.23. The normalized spacial score (nSPS) is 12.4. The first-order chi connectivity index (χ1) is 29.8. The van der Waals surface area contributed by atoms with Crippen LogP contribution < -0.4 is 19.7 Å². The summed E-state index contributed by atoms with van der Waals surface area (Å²) in [4.78, 5) is 15.1. The van der Waals surface area contributed by atoms with Crippen molar-refractivity contribution in [1.29, 1.82) is 0 Å². The van der Waals surface area contributed by atoms with E-state index in [4.69, 9.17) is 31.3 Å². The molecule has 62 heavy (non-hydrogen) atoms. The molecule has 4 aromatic carbocycles. The summed E-state index contributed by atoms with van der Waals surface area (Å²) in [5.41, 5.74) is 3.77. The van der Waals surface area contributed by atoms with Gasteiger partial charge in [-0.25, -0.2) is 32.8 Å². The minimum absolute atomic E-state index is 0.0734. The second-order valence-electron chi connectivity index (χ2n) is 14.9. The highest BCUT2D eigenvalue weighted by atomic mass is 35.5. The van der Waals surface area contributed by atoms with Crippen molar-refractivity contribution >= 4 is 34.7 Å². The number of nitrogens with zero attached hydrogens (tertiary/aromatic N) is 10. The molecule has 0 radical (unpaired) electrons. The summed E-state index contributed by atoms with van der Waals surface area (Å²) in [5.74, 6) is -2.71. The van der Waals surface area contributed by atoms with Crippen molar-refractivity contribution < 1.29 is 27.8 Å². The number of aryl methyl sites for hydroxylation is 2. The van der Waals surface area contributed by atoms with Gasteiger partial charge < -0.3 is 33.9 Å². The number of ether oxygens (including phenoxy) is 2. The van der Waals surface area contributed by atoms with Gasteiger partial charge in [0.1, 0.15) is 23.4 Å². The minimum atomic E-state index is -1.78. The van der Waals surface area contributed by atoms with E-state index < -0.39 is 23.1 Å². The van der Waals surface area contributed by atoms with Gasteiger partial charge >= 0.3 is 0 Å². The van der Waals surface area contributed by atoms with E-state index in [1.165, 1.54) is 4.68 Å². The molecule has 4 heterocycles. The number of halogens is 4. The molecule has 0 saturated carbocycles. The predicted molar refractivity (Wildman–Crippen MR) is 228 cm³/mol. The Balaban J connectivity index is 1.18.